The molecule has 0 saturated heterocycles. The Hall–Kier alpha value is -2.36. The average molecular weight is 474 g/mol. The van der Waals surface area contributed by atoms with Crippen molar-refractivity contribution in [1.82, 2.24) is 4.31 Å². The second-order valence-electron chi connectivity index (χ2n) is 7.77. The first kappa shape index (κ1) is 22.8. The molecular weight excluding hydrogens is 446 g/mol. The minimum absolute atomic E-state index is 0.116. The van der Waals surface area contributed by atoms with Crippen LogP contribution in [0.2, 0.25) is 0 Å². The Morgan fingerprint density at radius 1 is 1.09 bits per heavy atom. The van der Waals surface area contributed by atoms with Gasteiger partial charge in [-0.1, -0.05) is 32.0 Å². The first-order valence-electron chi connectivity index (χ1n) is 10.8. The summed E-state index contributed by atoms with van der Waals surface area (Å²) in [5.74, 6) is -0.141. The van der Waals surface area contributed by atoms with Crippen molar-refractivity contribution in [3.05, 3.63) is 48.0 Å². The zero-order valence-electron chi connectivity index (χ0n) is 18.3. The number of rotatable bonds is 6. The number of fused-ring (bicyclic) bond motifs is 2. The van der Waals surface area contributed by atoms with E-state index < -0.39 is 10.0 Å². The Bertz CT molecular complexity index is 1150. The normalized spacial score (nSPS) is 16.2. The molecule has 2 aliphatic heterocycles. The zero-order chi connectivity index (χ0) is 22.9. The fourth-order valence-electron chi connectivity index (χ4n) is 4.24. The van der Waals surface area contributed by atoms with Crippen LogP contribution in [-0.4, -0.2) is 56.5 Å². The summed E-state index contributed by atoms with van der Waals surface area (Å²) in [4.78, 5) is 30.2. The van der Waals surface area contributed by atoms with Crippen molar-refractivity contribution in [3.8, 4) is 0 Å². The predicted octanol–water partition coefficient (Wildman–Crippen LogP) is 3.14. The third kappa shape index (κ3) is 4.16. The van der Waals surface area contributed by atoms with Gasteiger partial charge in [-0.3, -0.25) is 9.59 Å². The van der Waals surface area contributed by atoms with E-state index in [1.807, 2.05) is 24.3 Å². The summed E-state index contributed by atoms with van der Waals surface area (Å²) in [5, 5.41) is 0. The molecule has 0 saturated carbocycles. The van der Waals surface area contributed by atoms with Gasteiger partial charge in [-0.25, -0.2) is 8.42 Å². The molecule has 9 heteroatoms. The van der Waals surface area contributed by atoms with Crippen LogP contribution < -0.4 is 9.80 Å². The molecule has 2 aromatic carbocycles. The molecule has 0 bridgehead atoms. The van der Waals surface area contributed by atoms with E-state index in [1.165, 1.54) is 27.0 Å². The molecule has 4 rings (SSSR count). The highest BCUT2D eigenvalue weighted by Gasteiger charge is 2.32. The van der Waals surface area contributed by atoms with Crippen molar-refractivity contribution in [2.45, 2.75) is 36.5 Å². The fourth-order valence-corrected chi connectivity index (χ4v) is 6.64. The molecule has 2 amide bonds. The van der Waals surface area contributed by atoms with Crippen LogP contribution in [0.5, 0.6) is 0 Å². The lowest BCUT2D eigenvalue weighted by molar-refractivity contribution is -0.121. The summed E-state index contributed by atoms with van der Waals surface area (Å²) in [7, 11) is -3.67. The number of carbonyl (C=O) groups is 2. The maximum atomic E-state index is 13.3. The summed E-state index contributed by atoms with van der Waals surface area (Å²) >= 11 is 1.37. The van der Waals surface area contributed by atoms with Gasteiger partial charge in [0.15, 0.2) is 0 Å². The van der Waals surface area contributed by atoms with Gasteiger partial charge in [0.2, 0.25) is 21.8 Å². The van der Waals surface area contributed by atoms with E-state index in [0.29, 0.717) is 25.3 Å². The summed E-state index contributed by atoms with van der Waals surface area (Å²) in [6, 6.07) is 12.7. The van der Waals surface area contributed by atoms with Crippen LogP contribution >= 0.6 is 11.8 Å². The number of anilines is 2. The summed E-state index contributed by atoms with van der Waals surface area (Å²) in [6.45, 7) is 4.80. The summed E-state index contributed by atoms with van der Waals surface area (Å²) in [6.07, 6.45) is 1.80. The van der Waals surface area contributed by atoms with Gasteiger partial charge in [0.1, 0.15) is 6.54 Å². The number of thioether (sulfide) groups is 1. The number of aryl methyl sites for hydroxylation is 1. The van der Waals surface area contributed by atoms with E-state index in [1.54, 1.807) is 30.9 Å². The van der Waals surface area contributed by atoms with Crippen LogP contribution in [0, 0.1) is 0 Å². The number of nitrogens with zero attached hydrogens (tertiary/aromatic N) is 3. The Labute approximate surface area is 193 Å². The van der Waals surface area contributed by atoms with Crippen molar-refractivity contribution in [2.75, 3.05) is 41.7 Å². The van der Waals surface area contributed by atoms with Gasteiger partial charge in [0.25, 0.3) is 0 Å². The molecule has 0 atom stereocenters. The fraction of sp³-hybridized carbons (Fsp3) is 0.391. The second-order valence-corrected chi connectivity index (χ2v) is 10.7. The van der Waals surface area contributed by atoms with Crippen LogP contribution in [0.3, 0.4) is 0 Å². The zero-order valence-corrected chi connectivity index (χ0v) is 19.9. The summed E-state index contributed by atoms with van der Waals surface area (Å²) < 4.78 is 27.4. The van der Waals surface area contributed by atoms with E-state index in [0.717, 1.165) is 29.0 Å². The first-order valence-corrected chi connectivity index (χ1v) is 13.2. The number of benzene rings is 2. The van der Waals surface area contributed by atoms with E-state index in [4.69, 9.17) is 0 Å². The highest BCUT2D eigenvalue weighted by atomic mass is 32.2. The molecular formula is C23H27N3O4S2. The Morgan fingerprint density at radius 3 is 2.59 bits per heavy atom. The minimum atomic E-state index is -3.67. The van der Waals surface area contributed by atoms with Gasteiger partial charge >= 0.3 is 0 Å². The molecule has 0 aliphatic carbocycles. The monoisotopic (exact) mass is 473 g/mol. The molecule has 0 aromatic heterocycles. The molecule has 2 aromatic rings. The number of hydrogen-bond donors (Lipinski definition) is 0. The van der Waals surface area contributed by atoms with Crippen LogP contribution in [0.4, 0.5) is 11.4 Å². The Morgan fingerprint density at radius 2 is 1.84 bits per heavy atom. The van der Waals surface area contributed by atoms with Gasteiger partial charge in [0, 0.05) is 30.2 Å². The molecule has 0 radical (unpaired) electrons. The smallest absolute Gasteiger partial charge is 0.247 e. The van der Waals surface area contributed by atoms with Gasteiger partial charge < -0.3 is 9.80 Å². The van der Waals surface area contributed by atoms with Crippen molar-refractivity contribution in [2.24, 2.45) is 0 Å². The van der Waals surface area contributed by atoms with E-state index in [2.05, 4.69) is 0 Å². The number of amides is 2. The lowest BCUT2D eigenvalue weighted by Gasteiger charge is -2.34. The van der Waals surface area contributed by atoms with Crippen LogP contribution in [-0.2, 0) is 26.0 Å². The van der Waals surface area contributed by atoms with Gasteiger partial charge in [-0.15, -0.1) is 11.8 Å². The van der Waals surface area contributed by atoms with Gasteiger partial charge in [-0.05, 0) is 42.7 Å². The maximum Gasteiger partial charge on any atom is 0.247 e. The van der Waals surface area contributed by atoms with Crippen molar-refractivity contribution in [3.63, 3.8) is 0 Å². The Kier molecular flexibility index (Phi) is 6.60. The number of sulfonamides is 1. The first-order chi connectivity index (χ1) is 15.4. The SMILES string of the molecule is CCN(CC)S(=O)(=O)c1ccc2c(c1)N(CC(=O)N1CCCc3ccccc31)C(=O)CS2. The molecule has 2 aliphatic rings. The van der Waals surface area contributed by atoms with E-state index in [-0.39, 0.29) is 29.0 Å². The molecule has 0 N–H and O–H groups in total. The third-order valence-electron chi connectivity index (χ3n) is 5.92. The lowest BCUT2D eigenvalue weighted by atomic mass is 10.0. The summed E-state index contributed by atoms with van der Waals surface area (Å²) in [5.41, 5.74) is 2.50. The van der Waals surface area contributed by atoms with Crippen molar-refractivity contribution >= 4 is 45.0 Å². The predicted molar refractivity (Wildman–Crippen MR) is 127 cm³/mol. The van der Waals surface area contributed by atoms with Crippen LogP contribution in [0.15, 0.2) is 52.3 Å². The molecule has 0 fully saturated rings. The Balaban J connectivity index is 1.66. The number of para-hydroxylation sites is 1. The third-order valence-corrected chi connectivity index (χ3v) is 9.01. The molecule has 0 unspecified atom stereocenters. The van der Waals surface area contributed by atoms with Crippen LogP contribution in [0.25, 0.3) is 0 Å². The number of carbonyl (C=O) groups excluding carboxylic acids is 2. The number of hydrogen-bond acceptors (Lipinski definition) is 5. The lowest BCUT2D eigenvalue weighted by Crippen LogP contribution is -2.46. The topological polar surface area (TPSA) is 78.0 Å². The average Bonchev–Trinajstić information content (AvgIpc) is 2.80. The minimum Gasteiger partial charge on any atom is -0.311 e. The van der Waals surface area contributed by atoms with Gasteiger partial charge in [-0.2, -0.15) is 4.31 Å². The maximum absolute atomic E-state index is 13.3. The molecule has 32 heavy (non-hydrogen) atoms. The molecule has 7 nitrogen and oxygen atoms in total. The molecule has 170 valence electrons. The second kappa shape index (κ2) is 9.25. The van der Waals surface area contributed by atoms with Crippen LogP contribution in [0.1, 0.15) is 25.8 Å². The highest BCUT2D eigenvalue weighted by molar-refractivity contribution is 8.00. The quantitative estimate of drug-likeness (QED) is 0.644. The highest BCUT2D eigenvalue weighted by Crippen LogP contribution is 2.38. The van der Waals surface area contributed by atoms with E-state index in [9.17, 15) is 18.0 Å². The molecule has 2 heterocycles. The molecule has 0 spiro atoms. The van der Waals surface area contributed by atoms with Crippen molar-refractivity contribution in [1.29, 1.82) is 0 Å². The largest absolute Gasteiger partial charge is 0.311 e. The van der Waals surface area contributed by atoms with Crippen molar-refractivity contribution < 1.29 is 18.0 Å². The van der Waals surface area contributed by atoms with Gasteiger partial charge in [0.05, 0.1) is 16.3 Å². The van der Waals surface area contributed by atoms with E-state index >= 15 is 0 Å². The standard InChI is InChI=1S/C23H27N3O4S2/c1-3-24(4-2)32(29,30)18-11-12-21-20(14-18)26(23(28)16-31-21)15-22(27)25-13-7-9-17-8-5-6-10-19(17)25/h5-6,8,10-12,14H,3-4,7,9,13,15-16H2,1-2H3.